The first-order chi connectivity index (χ1) is 12.6. The van der Waals surface area contributed by atoms with E-state index in [1.165, 1.54) is 0 Å². The highest BCUT2D eigenvalue weighted by atomic mass is 16.5. The molecule has 0 saturated heterocycles. The van der Waals surface area contributed by atoms with Crippen LogP contribution in [0.4, 0.5) is 5.69 Å². The lowest BCUT2D eigenvalue weighted by molar-refractivity contribution is -0.118. The third-order valence-corrected chi connectivity index (χ3v) is 4.49. The van der Waals surface area contributed by atoms with Crippen molar-refractivity contribution in [3.63, 3.8) is 0 Å². The number of nitrogens with zero attached hydrogens (tertiary/aromatic N) is 2. The lowest BCUT2D eigenvalue weighted by Gasteiger charge is -2.19. The second-order valence-corrected chi connectivity index (χ2v) is 6.21. The highest BCUT2D eigenvalue weighted by molar-refractivity contribution is 5.96. The van der Waals surface area contributed by atoms with Gasteiger partial charge < -0.3 is 14.8 Å². The summed E-state index contributed by atoms with van der Waals surface area (Å²) in [7, 11) is 3.57. The Hall–Kier alpha value is -3.28. The second kappa shape index (κ2) is 6.22. The Morgan fingerprint density at radius 3 is 2.62 bits per heavy atom. The maximum atomic E-state index is 11.6. The topological polar surface area (TPSA) is 65.4 Å². The van der Waals surface area contributed by atoms with Gasteiger partial charge in [-0.25, -0.2) is 0 Å². The van der Waals surface area contributed by atoms with Crippen LogP contribution in [0.3, 0.4) is 0 Å². The summed E-state index contributed by atoms with van der Waals surface area (Å²) in [5, 5.41) is 7.46. The first-order valence-electron chi connectivity index (χ1n) is 8.32. The maximum absolute atomic E-state index is 11.6. The van der Waals surface area contributed by atoms with Crippen LogP contribution < -0.4 is 14.8 Å². The number of ether oxygens (including phenoxy) is 2. The SMILES string of the molecule is COc1ccc(-c2c(C)nn(C)c2-c2ccc3c(c2)NC(=O)CO3)cc1. The summed E-state index contributed by atoms with van der Waals surface area (Å²) < 4.78 is 12.6. The first-order valence-corrected chi connectivity index (χ1v) is 8.32. The molecule has 132 valence electrons. The number of carbonyl (C=O) groups excluding carboxylic acids is 1. The number of carbonyl (C=O) groups is 1. The van der Waals surface area contributed by atoms with Gasteiger partial charge in [0.1, 0.15) is 11.5 Å². The van der Waals surface area contributed by atoms with Gasteiger partial charge in [-0.1, -0.05) is 12.1 Å². The van der Waals surface area contributed by atoms with Crippen molar-refractivity contribution in [2.24, 2.45) is 7.05 Å². The van der Waals surface area contributed by atoms with Crippen LogP contribution in [0.2, 0.25) is 0 Å². The van der Waals surface area contributed by atoms with Crippen molar-refractivity contribution in [2.75, 3.05) is 19.0 Å². The number of fused-ring (bicyclic) bond motifs is 1. The van der Waals surface area contributed by atoms with Crippen molar-refractivity contribution in [1.82, 2.24) is 9.78 Å². The molecule has 1 N–H and O–H groups in total. The number of hydrogen-bond acceptors (Lipinski definition) is 4. The van der Waals surface area contributed by atoms with E-state index in [9.17, 15) is 4.79 Å². The van der Waals surface area contributed by atoms with E-state index in [1.54, 1.807) is 7.11 Å². The van der Waals surface area contributed by atoms with Crippen molar-refractivity contribution < 1.29 is 14.3 Å². The van der Waals surface area contributed by atoms with Crippen LogP contribution >= 0.6 is 0 Å². The standard InChI is InChI=1S/C20H19N3O3/c1-12-19(13-4-7-15(25-3)8-5-13)20(23(2)22-12)14-6-9-17-16(10-14)21-18(24)11-26-17/h4-10H,11H2,1-3H3,(H,21,24). The summed E-state index contributed by atoms with van der Waals surface area (Å²) in [4.78, 5) is 11.6. The molecule has 26 heavy (non-hydrogen) atoms. The lowest BCUT2D eigenvalue weighted by atomic mass is 9.98. The summed E-state index contributed by atoms with van der Waals surface area (Å²) in [6, 6.07) is 13.7. The molecule has 2 aromatic carbocycles. The predicted molar refractivity (Wildman–Crippen MR) is 99.5 cm³/mol. The molecule has 0 bridgehead atoms. The number of rotatable bonds is 3. The molecule has 0 atom stereocenters. The molecule has 0 fully saturated rings. The molecule has 0 radical (unpaired) electrons. The summed E-state index contributed by atoms with van der Waals surface area (Å²) in [5.41, 5.74) is 5.67. The van der Waals surface area contributed by atoms with E-state index in [1.807, 2.05) is 61.1 Å². The van der Waals surface area contributed by atoms with Crippen LogP contribution in [-0.4, -0.2) is 29.4 Å². The molecule has 6 nitrogen and oxygen atoms in total. The van der Waals surface area contributed by atoms with E-state index >= 15 is 0 Å². The van der Waals surface area contributed by atoms with Gasteiger partial charge in [-0.05, 0) is 42.8 Å². The van der Waals surface area contributed by atoms with Crippen molar-refractivity contribution in [3.05, 3.63) is 48.2 Å². The lowest BCUT2D eigenvalue weighted by Crippen LogP contribution is -2.25. The number of aryl methyl sites for hydroxylation is 2. The van der Waals surface area contributed by atoms with Gasteiger partial charge in [0.15, 0.2) is 6.61 Å². The molecule has 1 aliphatic heterocycles. The number of nitrogens with one attached hydrogen (secondary N) is 1. The average molecular weight is 349 g/mol. The Morgan fingerprint density at radius 1 is 1.15 bits per heavy atom. The van der Waals surface area contributed by atoms with Gasteiger partial charge in [0.25, 0.3) is 5.91 Å². The molecule has 3 aromatic rings. The third kappa shape index (κ3) is 2.69. The minimum absolute atomic E-state index is 0.0499. The van der Waals surface area contributed by atoms with E-state index in [-0.39, 0.29) is 12.5 Å². The minimum atomic E-state index is -0.147. The third-order valence-electron chi connectivity index (χ3n) is 4.49. The fraction of sp³-hybridized carbons (Fsp3) is 0.200. The van der Waals surface area contributed by atoms with Gasteiger partial charge in [0, 0.05) is 18.2 Å². The number of methoxy groups -OCH3 is 1. The van der Waals surface area contributed by atoms with Crippen molar-refractivity contribution in [1.29, 1.82) is 0 Å². The van der Waals surface area contributed by atoms with E-state index in [4.69, 9.17) is 9.47 Å². The highest BCUT2D eigenvalue weighted by Gasteiger charge is 2.21. The first kappa shape index (κ1) is 16.2. The molecule has 0 spiro atoms. The zero-order chi connectivity index (χ0) is 18.3. The van der Waals surface area contributed by atoms with Crippen molar-refractivity contribution >= 4 is 11.6 Å². The smallest absolute Gasteiger partial charge is 0.262 e. The molecule has 6 heteroatoms. The van der Waals surface area contributed by atoms with Gasteiger partial charge in [0.05, 0.1) is 24.2 Å². The maximum Gasteiger partial charge on any atom is 0.262 e. The number of amides is 1. The number of benzene rings is 2. The van der Waals surface area contributed by atoms with Crippen LogP contribution in [0, 0.1) is 6.92 Å². The predicted octanol–water partition coefficient (Wildman–Crippen LogP) is 3.40. The van der Waals surface area contributed by atoms with Gasteiger partial charge in [0.2, 0.25) is 0 Å². The molecule has 0 unspecified atom stereocenters. The monoisotopic (exact) mass is 349 g/mol. The number of hydrogen-bond donors (Lipinski definition) is 1. The van der Waals surface area contributed by atoms with Gasteiger partial charge in [-0.3, -0.25) is 9.48 Å². The zero-order valence-electron chi connectivity index (χ0n) is 14.9. The number of aromatic nitrogens is 2. The Bertz CT molecular complexity index is 990. The second-order valence-electron chi connectivity index (χ2n) is 6.21. The Morgan fingerprint density at radius 2 is 1.88 bits per heavy atom. The molecular weight excluding hydrogens is 330 g/mol. The Kier molecular flexibility index (Phi) is 3.88. The van der Waals surface area contributed by atoms with E-state index in [0.29, 0.717) is 11.4 Å². The zero-order valence-corrected chi connectivity index (χ0v) is 14.9. The number of anilines is 1. The summed E-state index contributed by atoms with van der Waals surface area (Å²) in [6.07, 6.45) is 0. The van der Waals surface area contributed by atoms with Gasteiger partial charge >= 0.3 is 0 Å². The molecule has 4 rings (SSSR count). The molecule has 1 aromatic heterocycles. The van der Waals surface area contributed by atoms with E-state index in [0.717, 1.165) is 33.8 Å². The molecule has 1 aliphatic rings. The summed E-state index contributed by atoms with van der Waals surface area (Å²) in [6.45, 7) is 2.04. The summed E-state index contributed by atoms with van der Waals surface area (Å²) in [5.74, 6) is 1.34. The van der Waals surface area contributed by atoms with Gasteiger partial charge in [-0.15, -0.1) is 0 Å². The molecule has 1 amide bonds. The average Bonchev–Trinajstić information content (AvgIpc) is 2.95. The fourth-order valence-electron chi connectivity index (χ4n) is 3.32. The normalized spacial score (nSPS) is 13.0. The highest BCUT2D eigenvalue weighted by Crippen LogP contribution is 2.38. The Labute approximate surface area is 151 Å². The molecule has 2 heterocycles. The van der Waals surface area contributed by atoms with Crippen LogP contribution in [0.15, 0.2) is 42.5 Å². The van der Waals surface area contributed by atoms with Crippen LogP contribution in [0.1, 0.15) is 5.69 Å². The largest absolute Gasteiger partial charge is 0.497 e. The van der Waals surface area contributed by atoms with Crippen molar-refractivity contribution in [2.45, 2.75) is 6.92 Å². The van der Waals surface area contributed by atoms with Crippen molar-refractivity contribution in [3.8, 4) is 33.9 Å². The molecular formula is C20H19N3O3. The Balaban J connectivity index is 1.84. The minimum Gasteiger partial charge on any atom is -0.497 e. The van der Waals surface area contributed by atoms with E-state index < -0.39 is 0 Å². The van der Waals surface area contributed by atoms with Crippen LogP contribution in [-0.2, 0) is 11.8 Å². The summed E-state index contributed by atoms with van der Waals surface area (Å²) >= 11 is 0. The molecule has 0 saturated carbocycles. The van der Waals surface area contributed by atoms with Crippen LogP contribution in [0.5, 0.6) is 11.5 Å². The van der Waals surface area contributed by atoms with Gasteiger partial charge in [-0.2, -0.15) is 5.10 Å². The quantitative estimate of drug-likeness (QED) is 0.787. The van der Waals surface area contributed by atoms with E-state index in [2.05, 4.69) is 10.4 Å². The van der Waals surface area contributed by atoms with Crippen LogP contribution in [0.25, 0.3) is 22.4 Å². The molecule has 0 aliphatic carbocycles. The fourth-order valence-corrected chi connectivity index (χ4v) is 3.32.